The van der Waals surface area contributed by atoms with Crippen LogP contribution in [0.1, 0.15) is 50.3 Å². The van der Waals surface area contributed by atoms with Gasteiger partial charge in [-0.2, -0.15) is 0 Å². The van der Waals surface area contributed by atoms with Crippen molar-refractivity contribution < 1.29 is 0 Å². The molecule has 0 aliphatic heterocycles. The number of hydrogen-bond donors (Lipinski definition) is 1. The molecule has 0 saturated carbocycles. The summed E-state index contributed by atoms with van der Waals surface area (Å²) >= 11 is 1.72. The average Bonchev–Trinajstić information content (AvgIpc) is 2.75. The van der Waals surface area contributed by atoms with Gasteiger partial charge in [-0.25, -0.2) is 0 Å². The fourth-order valence-electron chi connectivity index (χ4n) is 1.57. The highest BCUT2D eigenvalue weighted by molar-refractivity contribution is 7.09. The lowest BCUT2D eigenvalue weighted by molar-refractivity contribution is 0.573. The second-order valence-corrected chi connectivity index (χ2v) is 4.88. The van der Waals surface area contributed by atoms with Crippen molar-refractivity contribution in [3.05, 3.63) is 16.6 Å². The molecule has 2 nitrogen and oxygen atoms in total. The molecule has 0 amide bonds. The second-order valence-electron chi connectivity index (χ2n) is 3.91. The predicted octanol–water partition coefficient (Wildman–Crippen LogP) is 3.59. The van der Waals surface area contributed by atoms with E-state index in [1.165, 1.54) is 43.4 Å². The van der Waals surface area contributed by atoms with E-state index >= 15 is 0 Å². The summed E-state index contributed by atoms with van der Waals surface area (Å²) in [6.07, 6.45) is 10.2. The highest BCUT2D eigenvalue weighted by Crippen LogP contribution is 2.06. The van der Waals surface area contributed by atoms with E-state index in [9.17, 15) is 0 Å². The fourth-order valence-corrected chi connectivity index (χ4v) is 2.14. The van der Waals surface area contributed by atoms with Crippen molar-refractivity contribution in [3.63, 3.8) is 0 Å². The summed E-state index contributed by atoms with van der Waals surface area (Å²) < 4.78 is 0. The Morgan fingerprint density at radius 1 is 1.20 bits per heavy atom. The molecule has 1 aromatic heterocycles. The Morgan fingerprint density at radius 3 is 2.73 bits per heavy atom. The summed E-state index contributed by atoms with van der Waals surface area (Å²) in [6, 6.07) is 0. The summed E-state index contributed by atoms with van der Waals surface area (Å²) in [6.45, 7) is 4.39. The number of rotatable bonds is 9. The maximum atomic E-state index is 4.05. The quantitative estimate of drug-likeness (QED) is 0.651. The maximum Gasteiger partial charge on any atom is 0.0794 e. The van der Waals surface area contributed by atoms with E-state index in [-0.39, 0.29) is 0 Å². The standard InChI is InChI=1S/C12H22N2S/c1-2-3-4-5-6-7-8-13-9-12-10-14-11-15-12/h10-11,13H,2-9H2,1H3. The van der Waals surface area contributed by atoms with Crippen LogP contribution in [0.5, 0.6) is 0 Å². The van der Waals surface area contributed by atoms with E-state index in [0.717, 1.165) is 13.1 Å². The van der Waals surface area contributed by atoms with Crippen molar-refractivity contribution in [1.29, 1.82) is 0 Å². The average molecular weight is 226 g/mol. The molecule has 0 atom stereocenters. The van der Waals surface area contributed by atoms with Gasteiger partial charge in [-0.1, -0.05) is 39.0 Å². The Balaban J connectivity index is 1.81. The lowest BCUT2D eigenvalue weighted by Gasteiger charge is -2.02. The Kier molecular flexibility index (Phi) is 7.48. The first kappa shape index (κ1) is 12.7. The summed E-state index contributed by atoms with van der Waals surface area (Å²) in [5.74, 6) is 0. The molecule has 0 aliphatic carbocycles. The van der Waals surface area contributed by atoms with Gasteiger partial charge in [0.2, 0.25) is 0 Å². The van der Waals surface area contributed by atoms with Crippen molar-refractivity contribution >= 4 is 11.3 Å². The van der Waals surface area contributed by atoms with Crippen LogP contribution in [0.3, 0.4) is 0 Å². The highest BCUT2D eigenvalue weighted by atomic mass is 32.1. The van der Waals surface area contributed by atoms with Crippen LogP contribution in [-0.4, -0.2) is 11.5 Å². The molecular weight excluding hydrogens is 204 g/mol. The molecule has 1 aromatic rings. The van der Waals surface area contributed by atoms with Gasteiger partial charge in [0.15, 0.2) is 0 Å². The molecule has 0 fully saturated rings. The molecule has 0 aliphatic rings. The summed E-state index contributed by atoms with van der Waals surface area (Å²) in [7, 11) is 0. The van der Waals surface area contributed by atoms with Crippen LogP contribution in [-0.2, 0) is 6.54 Å². The Labute approximate surface area is 97.1 Å². The van der Waals surface area contributed by atoms with E-state index < -0.39 is 0 Å². The zero-order valence-electron chi connectivity index (χ0n) is 9.67. The van der Waals surface area contributed by atoms with Crippen LogP contribution in [0, 0.1) is 0 Å². The minimum atomic E-state index is 0.986. The van der Waals surface area contributed by atoms with Crippen molar-refractivity contribution in [2.24, 2.45) is 0 Å². The summed E-state index contributed by atoms with van der Waals surface area (Å²) in [5, 5.41) is 3.45. The Morgan fingerprint density at radius 2 is 2.00 bits per heavy atom. The highest BCUT2D eigenvalue weighted by Gasteiger charge is 1.93. The second kappa shape index (κ2) is 8.86. The van der Waals surface area contributed by atoms with Crippen molar-refractivity contribution in [2.45, 2.75) is 52.0 Å². The van der Waals surface area contributed by atoms with Crippen molar-refractivity contribution in [1.82, 2.24) is 10.3 Å². The van der Waals surface area contributed by atoms with Gasteiger partial charge < -0.3 is 5.32 Å². The van der Waals surface area contributed by atoms with E-state index in [4.69, 9.17) is 0 Å². The van der Waals surface area contributed by atoms with E-state index in [1.54, 1.807) is 11.3 Å². The molecule has 0 saturated heterocycles. The van der Waals surface area contributed by atoms with Crippen LogP contribution in [0.4, 0.5) is 0 Å². The third-order valence-electron chi connectivity index (χ3n) is 2.49. The number of nitrogens with zero attached hydrogens (tertiary/aromatic N) is 1. The van der Waals surface area contributed by atoms with Crippen LogP contribution in [0.2, 0.25) is 0 Å². The third kappa shape index (κ3) is 6.63. The molecule has 1 heterocycles. The molecule has 15 heavy (non-hydrogen) atoms. The van der Waals surface area contributed by atoms with Gasteiger partial charge in [-0.3, -0.25) is 4.98 Å². The molecule has 1 N–H and O–H groups in total. The van der Waals surface area contributed by atoms with Crippen LogP contribution >= 0.6 is 11.3 Å². The molecule has 1 rings (SSSR count). The minimum Gasteiger partial charge on any atom is -0.312 e. The maximum absolute atomic E-state index is 4.05. The first-order valence-corrected chi connectivity index (χ1v) is 6.89. The number of nitrogens with one attached hydrogen (secondary N) is 1. The van der Waals surface area contributed by atoms with Crippen LogP contribution in [0.15, 0.2) is 11.7 Å². The van der Waals surface area contributed by atoms with Gasteiger partial charge >= 0.3 is 0 Å². The molecule has 3 heteroatoms. The predicted molar refractivity (Wildman–Crippen MR) is 67.2 cm³/mol. The van der Waals surface area contributed by atoms with Crippen LogP contribution < -0.4 is 5.32 Å². The zero-order chi connectivity index (χ0) is 10.8. The molecule has 0 aromatic carbocycles. The first-order valence-electron chi connectivity index (χ1n) is 6.01. The van der Waals surface area contributed by atoms with Gasteiger partial charge in [0.05, 0.1) is 5.51 Å². The van der Waals surface area contributed by atoms with Crippen molar-refractivity contribution in [2.75, 3.05) is 6.54 Å². The molecular formula is C12H22N2S. The van der Waals surface area contributed by atoms with Crippen molar-refractivity contribution in [3.8, 4) is 0 Å². The van der Waals surface area contributed by atoms with Crippen LogP contribution in [0.25, 0.3) is 0 Å². The Hall–Kier alpha value is -0.410. The lowest BCUT2D eigenvalue weighted by atomic mass is 10.1. The zero-order valence-corrected chi connectivity index (χ0v) is 10.5. The number of unbranched alkanes of at least 4 members (excludes halogenated alkanes) is 5. The molecule has 0 unspecified atom stereocenters. The van der Waals surface area contributed by atoms with Gasteiger partial charge in [0, 0.05) is 17.6 Å². The first-order chi connectivity index (χ1) is 7.43. The van der Waals surface area contributed by atoms with E-state index in [0.29, 0.717) is 0 Å². The molecule has 0 spiro atoms. The Bertz CT molecular complexity index is 222. The van der Waals surface area contributed by atoms with Gasteiger partial charge in [-0.15, -0.1) is 11.3 Å². The SMILES string of the molecule is CCCCCCCCNCc1cncs1. The molecule has 0 radical (unpaired) electrons. The number of thiazole rings is 1. The number of hydrogen-bond acceptors (Lipinski definition) is 3. The van der Waals surface area contributed by atoms with Gasteiger partial charge in [0.25, 0.3) is 0 Å². The summed E-state index contributed by atoms with van der Waals surface area (Å²) in [4.78, 5) is 5.38. The normalized spacial score (nSPS) is 10.7. The molecule has 0 bridgehead atoms. The minimum absolute atomic E-state index is 0.986. The smallest absolute Gasteiger partial charge is 0.0794 e. The molecule has 86 valence electrons. The van der Waals surface area contributed by atoms with E-state index in [1.807, 2.05) is 11.7 Å². The number of aromatic nitrogens is 1. The monoisotopic (exact) mass is 226 g/mol. The third-order valence-corrected chi connectivity index (χ3v) is 3.27. The topological polar surface area (TPSA) is 24.9 Å². The van der Waals surface area contributed by atoms with E-state index in [2.05, 4.69) is 17.2 Å². The largest absolute Gasteiger partial charge is 0.312 e. The fraction of sp³-hybridized carbons (Fsp3) is 0.750. The van der Waals surface area contributed by atoms with Gasteiger partial charge in [0.1, 0.15) is 0 Å². The summed E-state index contributed by atoms with van der Waals surface area (Å²) in [5.41, 5.74) is 1.89. The van der Waals surface area contributed by atoms with Gasteiger partial charge in [-0.05, 0) is 13.0 Å². The lowest BCUT2D eigenvalue weighted by Crippen LogP contribution is -2.13.